The molecule has 0 aromatic heterocycles. The molecule has 1 aromatic carbocycles. The summed E-state index contributed by atoms with van der Waals surface area (Å²) in [6, 6.07) is 7.93. The molecule has 0 bridgehead atoms. The molecule has 1 aliphatic carbocycles. The Bertz CT molecular complexity index is 483. The van der Waals surface area contributed by atoms with Crippen molar-refractivity contribution < 1.29 is 14.6 Å². The molecule has 1 saturated carbocycles. The molecule has 0 saturated heterocycles. The van der Waals surface area contributed by atoms with E-state index in [-0.39, 0.29) is 5.97 Å². The van der Waals surface area contributed by atoms with Gasteiger partial charge in [0, 0.05) is 0 Å². The van der Waals surface area contributed by atoms with E-state index in [0.29, 0.717) is 5.92 Å². The zero-order valence-electron chi connectivity index (χ0n) is 12.7. The van der Waals surface area contributed by atoms with Crippen LogP contribution in [-0.2, 0) is 9.53 Å². The second-order valence-corrected chi connectivity index (χ2v) is 6.71. The highest BCUT2D eigenvalue weighted by atomic mass is 16.6. The molecule has 3 nitrogen and oxygen atoms in total. The average Bonchev–Trinajstić information content (AvgIpc) is 3.19. The molecular formula is C17H24O3. The number of carbonyl (C=O) groups is 1. The number of hydrogen-bond donors (Lipinski definition) is 1. The van der Waals surface area contributed by atoms with Crippen molar-refractivity contribution in [2.24, 2.45) is 5.92 Å². The molecule has 0 heterocycles. The van der Waals surface area contributed by atoms with Gasteiger partial charge >= 0.3 is 5.97 Å². The van der Waals surface area contributed by atoms with Crippen LogP contribution in [0.1, 0.15) is 63.7 Å². The van der Waals surface area contributed by atoms with Crippen molar-refractivity contribution in [1.82, 2.24) is 0 Å². The highest BCUT2D eigenvalue weighted by Crippen LogP contribution is 2.41. The SMILES string of the molecule is CC(C(=O)OC(C)(C)C)C(O)c1cccc(C2CC2)c1. The molecule has 0 aliphatic heterocycles. The minimum Gasteiger partial charge on any atom is -0.460 e. The van der Waals surface area contributed by atoms with E-state index in [1.54, 1.807) is 6.92 Å². The monoisotopic (exact) mass is 276 g/mol. The van der Waals surface area contributed by atoms with Crippen LogP contribution in [0.2, 0.25) is 0 Å². The zero-order chi connectivity index (χ0) is 14.9. The molecule has 1 N–H and O–H groups in total. The van der Waals surface area contributed by atoms with Crippen molar-refractivity contribution >= 4 is 5.97 Å². The lowest BCUT2D eigenvalue weighted by Crippen LogP contribution is -2.30. The summed E-state index contributed by atoms with van der Waals surface area (Å²) in [4.78, 5) is 12.0. The number of rotatable bonds is 4. The van der Waals surface area contributed by atoms with E-state index in [0.717, 1.165) is 5.56 Å². The number of carbonyl (C=O) groups excluding carboxylic acids is 1. The molecule has 0 radical (unpaired) electrons. The van der Waals surface area contributed by atoms with Crippen LogP contribution in [0.3, 0.4) is 0 Å². The molecule has 1 fully saturated rings. The molecular weight excluding hydrogens is 252 g/mol. The zero-order valence-corrected chi connectivity index (χ0v) is 12.7. The van der Waals surface area contributed by atoms with Crippen LogP contribution >= 0.6 is 0 Å². The topological polar surface area (TPSA) is 46.5 Å². The lowest BCUT2D eigenvalue weighted by atomic mass is 9.95. The van der Waals surface area contributed by atoms with Crippen molar-refractivity contribution in [3.8, 4) is 0 Å². The number of esters is 1. The van der Waals surface area contributed by atoms with E-state index in [2.05, 4.69) is 6.07 Å². The Hall–Kier alpha value is -1.35. The predicted octanol–water partition coefficient (Wildman–Crippen LogP) is 3.58. The maximum absolute atomic E-state index is 12.0. The fraction of sp³-hybridized carbons (Fsp3) is 0.588. The highest BCUT2D eigenvalue weighted by molar-refractivity contribution is 5.73. The minimum atomic E-state index is -0.816. The third-order valence-corrected chi connectivity index (χ3v) is 3.55. The second-order valence-electron chi connectivity index (χ2n) is 6.71. The Morgan fingerprint density at radius 2 is 2.00 bits per heavy atom. The van der Waals surface area contributed by atoms with Crippen molar-refractivity contribution in [3.63, 3.8) is 0 Å². The Labute approximate surface area is 121 Å². The van der Waals surface area contributed by atoms with E-state index in [1.807, 2.05) is 39.0 Å². The first kappa shape index (κ1) is 15.0. The van der Waals surface area contributed by atoms with Gasteiger partial charge in [-0.15, -0.1) is 0 Å². The van der Waals surface area contributed by atoms with E-state index < -0.39 is 17.6 Å². The van der Waals surface area contributed by atoms with Crippen LogP contribution in [0.15, 0.2) is 24.3 Å². The van der Waals surface area contributed by atoms with Crippen LogP contribution in [0, 0.1) is 5.92 Å². The third-order valence-electron chi connectivity index (χ3n) is 3.55. The maximum Gasteiger partial charge on any atom is 0.312 e. The lowest BCUT2D eigenvalue weighted by molar-refractivity contribution is -0.163. The number of aliphatic hydroxyl groups is 1. The first-order chi connectivity index (χ1) is 9.28. The number of aliphatic hydroxyl groups excluding tert-OH is 1. The van der Waals surface area contributed by atoms with Crippen LogP contribution in [-0.4, -0.2) is 16.7 Å². The van der Waals surface area contributed by atoms with Gasteiger partial charge in [-0.2, -0.15) is 0 Å². The summed E-state index contributed by atoms with van der Waals surface area (Å²) in [6.45, 7) is 7.20. The quantitative estimate of drug-likeness (QED) is 0.855. The summed E-state index contributed by atoms with van der Waals surface area (Å²) >= 11 is 0. The normalized spacial score (nSPS) is 18.4. The number of hydrogen-bond acceptors (Lipinski definition) is 3. The minimum absolute atomic E-state index is 0.359. The van der Waals surface area contributed by atoms with Gasteiger partial charge in [0.05, 0.1) is 12.0 Å². The first-order valence-electron chi connectivity index (χ1n) is 7.29. The van der Waals surface area contributed by atoms with Crippen LogP contribution in [0.4, 0.5) is 0 Å². The number of ether oxygens (including phenoxy) is 1. The van der Waals surface area contributed by atoms with Gasteiger partial charge in [0.25, 0.3) is 0 Å². The largest absolute Gasteiger partial charge is 0.460 e. The second kappa shape index (κ2) is 5.57. The Balaban J connectivity index is 2.07. The fourth-order valence-corrected chi connectivity index (χ4v) is 2.23. The van der Waals surface area contributed by atoms with Crippen molar-refractivity contribution in [1.29, 1.82) is 0 Å². The summed E-state index contributed by atoms with van der Waals surface area (Å²) in [5.74, 6) is -0.288. The molecule has 20 heavy (non-hydrogen) atoms. The molecule has 3 heteroatoms. The molecule has 0 amide bonds. The van der Waals surface area contributed by atoms with E-state index in [4.69, 9.17) is 4.74 Å². The molecule has 110 valence electrons. The van der Waals surface area contributed by atoms with Gasteiger partial charge < -0.3 is 9.84 Å². The summed E-state index contributed by atoms with van der Waals surface area (Å²) in [7, 11) is 0. The van der Waals surface area contributed by atoms with E-state index >= 15 is 0 Å². The van der Waals surface area contributed by atoms with Gasteiger partial charge in [-0.1, -0.05) is 24.3 Å². The smallest absolute Gasteiger partial charge is 0.312 e. The molecule has 1 aromatic rings. The molecule has 2 atom stereocenters. The van der Waals surface area contributed by atoms with Crippen LogP contribution in [0.25, 0.3) is 0 Å². The Kier molecular flexibility index (Phi) is 4.19. The Morgan fingerprint density at radius 1 is 1.35 bits per heavy atom. The maximum atomic E-state index is 12.0. The van der Waals surface area contributed by atoms with Gasteiger partial charge in [0.15, 0.2) is 0 Å². The van der Waals surface area contributed by atoms with E-state index in [9.17, 15) is 9.90 Å². The summed E-state index contributed by atoms with van der Waals surface area (Å²) in [5, 5.41) is 10.4. The fourth-order valence-electron chi connectivity index (χ4n) is 2.23. The van der Waals surface area contributed by atoms with Gasteiger partial charge in [0.1, 0.15) is 5.60 Å². The Morgan fingerprint density at radius 3 is 2.55 bits per heavy atom. The van der Waals surface area contributed by atoms with Crippen LogP contribution < -0.4 is 0 Å². The number of benzene rings is 1. The van der Waals surface area contributed by atoms with Crippen molar-refractivity contribution in [2.45, 2.75) is 58.2 Å². The predicted molar refractivity (Wildman–Crippen MR) is 78.4 cm³/mol. The lowest BCUT2D eigenvalue weighted by Gasteiger charge is -2.25. The highest BCUT2D eigenvalue weighted by Gasteiger charge is 2.29. The summed E-state index contributed by atoms with van der Waals surface area (Å²) < 4.78 is 5.33. The average molecular weight is 276 g/mol. The van der Waals surface area contributed by atoms with Gasteiger partial charge in [-0.3, -0.25) is 4.79 Å². The van der Waals surface area contributed by atoms with Gasteiger partial charge in [0.2, 0.25) is 0 Å². The summed E-state index contributed by atoms with van der Waals surface area (Å²) in [6.07, 6.45) is 1.63. The summed E-state index contributed by atoms with van der Waals surface area (Å²) in [5.41, 5.74) is 1.53. The standard InChI is InChI=1S/C17H24O3/c1-11(16(19)20-17(2,3)4)15(18)14-7-5-6-13(10-14)12-8-9-12/h5-7,10-12,15,18H,8-9H2,1-4H3. The van der Waals surface area contributed by atoms with Gasteiger partial charge in [-0.05, 0) is 57.6 Å². The van der Waals surface area contributed by atoms with Crippen molar-refractivity contribution in [2.75, 3.05) is 0 Å². The van der Waals surface area contributed by atoms with Gasteiger partial charge in [-0.25, -0.2) is 0 Å². The first-order valence-corrected chi connectivity index (χ1v) is 7.29. The third kappa shape index (κ3) is 3.83. The van der Waals surface area contributed by atoms with Crippen molar-refractivity contribution in [3.05, 3.63) is 35.4 Å². The molecule has 1 aliphatic rings. The van der Waals surface area contributed by atoms with Crippen LogP contribution in [0.5, 0.6) is 0 Å². The molecule has 0 spiro atoms. The van der Waals surface area contributed by atoms with E-state index in [1.165, 1.54) is 18.4 Å². The molecule has 2 unspecified atom stereocenters. The molecule has 2 rings (SSSR count).